The second-order valence-electron chi connectivity index (χ2n) is 4.05. The van der Waals surface area contributed by atoms with Crippen molar-refractivity contribution in [2.75, 3.05) is 19.0 Å². The number of hydrogen-bond acceptors (Lipinski definition) is 3. The highest BCUT2D eigenvalue weighted by Gasteiger charge is 2.00. The van der Waals surface area contributed by atoms with Crippen molar-refractivity contribution in [3.63, 3.8) is 0 Å². The van der Waals surface area contributed by atoms with Gasteiger partial charge in [0.2, 0.25) is 0 Å². The Balaban J connectivity index is 2.29. The molecule has 100 valence electrons. The van der Waals surface area contributed by atoms with Crippen LogP contribution in [0, 0.1) is 0 Å². The molecule has 0 unspecified atom stereocenters. The van der Waals surface area contributed by atoms with E-state index in [9.17, 15) is 4.79 Å². The van der Waals surface area contributed by atoms with Crippen LogP contribution in [0.1, 0.15) is 32.6 Å². The molecule has 1 rings (SSSR count). The van der Waals surface area contributed by atoms with Gasteiger partial charge in [0.1, 0.15) is 5.75 Å². The first kappa shape index (κ1) is 14.4. The summed E-state index contributed by atoms with van der Waals surface area (Å²) in [6.07, 6.45) is 4.30. The van der Waals surface area contributed by atoms with Crippen molar-refractivity contribution in [3.8, 4) is 5.75 Å². The van der Waals surface area contributed by atoms with Crippen molar-refractivity contribution in [1.82, 2.24) is 0 Å². The Morgan fingerprint density at radius 3 is 2.50 bits per heavy atom. The predicted molar refractivity (Wildman–Crippen MR) is 72.1 cm³/mol. The van der Waals surface area contributed by atoms with E-state index in [4.69, 9.17) is 4.74 Å². The second-order valence-corrected chi connectivity index (χ2v) is 4.05. The van der Waals surface area contributed by atoms with Gasteiger partial charge in [-0.2, -0.15) is 0 Å². The van der Waals surface area contributed by atoms with Crippen LogP contribution in [0.25, 0.3) is 0 Å². The molecule has 0 heterocycles. The summed E-state index contributed by atoms with van der Waals surface area (Å²) >= 11 is 0. The molecule has 0 bridgehead atoms. The third kappa shape index (κ3) is 5.57. The fourth-order valence-electron chi connectivity index (χ4n) is 1.52. The van der Waals surface area contributed by atoms with Crippen LogP contribution in [0.3, 0.4) is 0 Å². The number of nitrogens with one attached hydrogen (secondary N) is 1. The molecule has 18 heavy (non-hydrogen) atoms. The molecule has 0 radical (unpaired) electrons. The molecule has 0 aliphatic heterocycles. The lowest BCUT2D eigenvalue weighted by atomic mass is 10.2. The highest BCUT2D eigenvalue weighted by molar-refractivity contribution is 5.84. The van der Waals surface area contributed by atoms with E-state index in [0.717, 1.165) is 18.8 Å². The number of unbranched alkanes of at least 4 members (excludes halogenated alkanes) is 3. The minimum Gasteiger partial charge on any atom is -0.494 e. The van der Waals surface area contributed by atoms with Gasteiger partial charge >= 0.3 is 6.09 Å². The predicted octanol–water partition coefficient (Wildman–Crippen LogP) is 3.82. The summed E-state index contributed by atoms with van der Waals surface area (Å²) in [6.45, 7) is 2.93. The lowest BCUT2D eigenvalue weighted by Crippen LogP contribution is -2.10. The molecule has 4 heteroatoms. The summed E-state index contributed by atoms with van der Waals surface area (Å²) in [7, 11) is 1.34. The SMILES string of the molecule is CCCCCCOc1ccc(NC(=O)OC)cc1. The molecule has 0 fully saturated rings. The smallest absolute Gasteiger partial charge is 0.411 e. The molecule has 0 saturated carbocycles. The number of anilines is 1. The number of ether oxygens (including phenoxy) is 2. The van der Waals surface area contributed by atoms with Gasteiger partial charge in [-0.25, -0.2) is 4.79 Å². The van der Waals surface area contributed by atoms with Gasteiger partial charge in [0, 0.05) is 5.69 Å². The Kier molecular flexibility index (Phi) is 6.69. The van der Waals surface area contributed by atoms with E-state index >= 15 is 0 Å². The van der Waals surface area contributed by atoms with Gasteiger partial charge in [-0.1, -0.05) is 26.2 Å². The zero-order chi connectivity index (χ0) is 13.2. The Labute approximate surface area is 108 Å². The minimum absolute atomic E-state index is 0.469. The van der Waals surface area contributed by atoms with Crippen LogP contribution < -0.4 is 10.1 Å². The molecule has 1 N–H and O–H groups in total. The van der Waals surface area contributed by atoms with Crippen LogP contribution in [0.4, 0.5) is 10.5 Å². The molecule has 1 aromatic carbocycles. The number of carbonyl (C=O) groups excluding carboxylic acids is 1. The number of hydrogen-bond donors (Lipinski definition) is 1. The molecule has 0 spiro atoms. The van der Waals surface area contributed by atoms with E-state index in [-0.39, 0.29) is 0 Å². The number of amides is 1. The Bertz CT molecular complexity index is 349. The zero-order valence-electron chi connectivity index (χ0n) is 11.1. The number of methoxy groups -OCH3 is 1. The first-order chi connectivity index (χ1) is 8.76. The van der Waals surface area contributed by atoms with Crippen molar-refractivity contribution in [2.45, 2.75) is 32.6 Å². The average molecular weight is 251 g/mol. The van der Waals surface area contributed by atoms with E-state index in [0.29, 0.717) is 5.69 Å². The van der Waals surface area contributed by atoms with Crippen LogP contribution in [0.5, 0.6) is 5.75 Å². The maximum Gasteiger partial charge on any atom is 0.411 e. The van der Waals surface area contributed by atoms with Gasteiger partial charge in [-0.15, -0.1) is 0 Å². The van der Waals surface area contributed by atoms with Crippen molar-refractivity contribution < 1.29 is 14.3 Å². The summed E-state index contributed by atoms with van der Waals surface area (Å²) in [5.74, 6) is 0.821. The molecule has 0 saturated heterocycles. The molecule has 0 aliphatic rings. The largest absolute Gasteiger partial charge is 0.494 e. The number of rotatable bonds is 7. The van der Waals surface area contributed by atoms with Gasteiger partial charge in [0.25, 0.3) is 0 Å². The third-order valence-electron chi connectivity index (χ3n) is 2.55. The van der Waals surface area contributed by atoms with Gasteiger partial charge in [-0.3, -0.25) is 5.32 Å². The summed E-state index contributed by atoms with van der Waals surface area (Å²) in [5, 5.41) is 2.59. The van der Waals surface area contributed by atoms with Crippen LogP contribution in [-0.2, 0) is 4.74 Å². The Morgan fingerprint density at radius 1 is 1.17 bits per heavy atom. The van der Waals surface area contributed by atoms with E-state index in [2.05, 4.69) is 17.0 Å². The van der Waals surface area contributed by atoms with E-state index in [1.54, 1.807) is 12.1 Å². The Hall–Kier alpha value is -1.71. The van der Waals surface area contributed by atoms with Crippen molar-refractivity contribution in [1.29, 1.82) is 0 Å². The maximum atomic E-state index is 11.0. The number of carbonyl (C=O) groups is 1. The summed E-state index contributed by atoms with van der Waals surface area (Å²) < 4.78 is 10.1. The van der Waals surface area contributed by atoms with Crippen LogP contribution in [0.15, 0.2) is 24.3 Å². The Morgan fingerprint density at radius 2 is 1.89 bits per heavy atom. The standard InChI is InChI=1S/C14H21NO3/c1-3-4-5-6-11-18-13-9-7-12(8-10-13)15-14(16)17-2/h7-10H,3-6,11H2,1-2H3,(H,15,16). The minimum atomic E-state index is -0.469. The normalized spacial score (nSPS) is 9.89. The van der Waals surface area contributed by atoms with E-state index < -0.39 is 6.09 Å². The van der Waals surface area contributed by atoms with E-state index in [1.807, 2.05) is 12.1 Å². The molecule has 0 aliphatic carbocycles. The fraction of sp³-hybridized carbons (Fsp3) is 0.500. The van der Waals surface area contributed by atoms with Crippen LogP contribution in [-0.4, -0.2) is 19.8 Å². The van der Waals surface area contributed by atoms with Crippen LogP contribution >= 0.6 is 0 Å². The molecule has 0 atom stereocenters. The highest BCUT2D eigenvalue weighted by atomic mass is 16.5. The van der Waals surface area contributed by atoms with Crippen molar-refractivity contribution in [2.24, 2.45) is 0 Å². The monoisotopic (exact) mass is 251 g/mol. The highest BCUT2D eigenvalue weighted by Crippen LogP contribution is 2.16. The van der Waals surface area contributed by atoms with E-state index in [1.165, 1.54) is 26.4 Å². The topological polar surface area (TPSA) is 47.6 Å². The molecule has 4 nitrogen and oxygen atoms in total. The quantitative estimate of drug-likeness (QED) is 0.749. The number of benzene rings is 1. The first-order valence-corrected chi connectivity index (χ1v) is 6.34. The zero-order valence-corrected chi connectivity index (χ0v) is 11.1. The lowest BCUT2D eigenvalue weighted by Gasteiger charge is -2.07. The van der Waals surface area contributed by atoms with Crippen molar-refractivity contribution in [3.05, 3.63) is 24.3 Å². The average Bonchev–Trinajstić information content (AvgIpc) is 2.40. The van der Waals surface area contributed by atoms with Gasteiger partial charge in [0.15, 0.2) is 0 Å². The molecule has 1 amide bonds. The lowest BCUT2D eigenvalue weighted by molar-refractivity contribution is 0.187. The van der Waals surface area contributed by atoms with Gasteiger partial charge < -0.3 is 9.47 Å². The van der Waals surface area contributed by atoms with Crippen LogP contribution in [0.2, 0.25) is 0 Å². The summed E-state index contributed by atoms with van der Waals surface area (Å²) in [6, 6.07) is 7.26. The first-order valence-electron chi connectivity index (χ1n) is 6.34. The van der Waals surface area contributed by atoms with Gasteiger partial charge in [0.05, 0.1) is 13.7 Å². The summed E-state index contributed by atoms with van der Waals surface area (Å²) in [5.41, 5.74) is 0.695. The van der Waals surface area contributed by atoms with Gasteiger partial charge in [-0.05, 0) is 30.7 Å². The molecule has 1 aromatic rings. The third-order valence-corrected chi connectivity index (χ3v) is 2.55. The molecular formula is C14H21NO3. The molecular weight excluding hydrogens is 230 g/mol. The fourth-order valence-corrected chi connectivity index (χ4v) is 1.52. The maximum absolute atomic E-state index is 11.0. The molecule has 0 aromatic heterocycles. The summed E-state index contributed by atoms with van der Waals surface area (Å²) in [4.78, 5) is 11.0. The second kappa shape index (κ2) is 8.39. The van der Waals surface area contributed by atoms with Crippen molar-refractivity contribution >= 4 is 11.8 Å².